The van der Waals surface area contributed by atoms with Crippen molar-refractivity contribution in [3.05, 3.63) is 23.8 Å². The number of ether oxygens (including phenoxy) is 1. The van der Waals surface area contributed by atoms with E-state index in [9.17, 15) is 13.2 Å². The van der Waals surface area contributed by atoms with E-state index < -0.39 is 10.0 Å². The lowest BCUT2D eigenvalue weighted by Crippen LogP contribution is -2.45. The Balaban J connectivity index is 1.66. The standard InChI is InChI=1S/C22H34N2O4S/c1-16(2)18-9-10-20(28-3)21(15-18)29(26,27)24-13-11-17(12-14-24)22(25)23-19-7-5-4-6-8-19/h9-10,15-17,19H,4-8,11-14H2,1-3H3,(H,23,25). The molecule has 162 valence electrons. The number of amides is 1. The first kappa shape index (κ1) is 22.1. The van der Waals surface area contributed by atoms with Crippen LogP contribution in [0.15, 0.2) is 23.1 Å². The summed E-state index contributed by atoms with van der Waals surface area (Å²) in [5, 5.41) is 3.19. The van der Waals surface area contributed by atoms with Gasteiger partial charge in [-0.2, -0.15) is 4.31 Å². The molecule has 0 unspecified atom stereocenters. The van der Waals surface area contributed by atoms with Gasteiger partial charge in [0.05, 0.1) is 7.11 Å². The van der Waals surface area contributed by atoms with Gasteiger partial charge in [0, 0.05) is 25.0 Å². The maximum atomic E-state index is 13.3. The number of benzene rings is 1. The quantitative estimate of drug-likeness (QED) is 0.759. The van der Waals surface area contributed by atoms with E-state index in [1.165, 1.54) is 30.7 Å². The zero-order valence-corrected chi connectivity index (χ0v) is 18.6. The fourth-order valence-electron chi connectivity index (χ4n) is 4.32. The zero-order chi connectivity index (χ0) is 21.0. The number of sulfonamides is 1. The summed E-state index contributed by atoms with van der Waals surface area (Å²) in [6.07, 6.45) is 6.85. The first-order chi connectivity index (χ1) is 13.8. The predicted octanol–water partition coefficient (Wildman–Crippen LogP) is 3.67. The molecule has 3 rings (SSSR count). The van der Waals surface area contributed by atoms with Crippen LogP contribution in [0.25, 0.3) is 0 Å². The van der Waals surface area contributed by atoms with Crippen molar-refractivity contribution in [3.63, 3.8) is 0 Å². The van der Waals surface area contributed by atoms with E-state index in [4.69, 9.17) is 4.74 Å². The molecule has 29 heavy (non-hydrogen) atoms. The minimum absolute atomic E-state index is 0.0910. The van der Waals surface area contributed by atoms with Gasteiger partial charge in [-0.25, -0.2) is 8.42 Å². The van der Waals surface area contributed by atoms with E-state index in [0.717, 1.165) is 18.4 Å². The number of carbonyl (C=O) groups excluding carboxylic acids is 1. The second-order valence-corrected chi connectivity index (χ2v) is 10.5. The van der Waals surface area contributed by atoms with Crippen LogP contribution < -0.4 is 10.1 Å². The Morgan fingerprint density at radius 2 is 1.76 bits per heavy atom. The summed E-state index contributed by atoms with van der Waals surface area (Å²) in [6, 6.07) is 5.65. The number of nitrogens with zero attached hydrogens (tertiary/aromatic N) is 1. The Morgan fingerprint density at radius 3 is 2.34 bits per heavy atom. The largest absolute Gasteiger partial charge is 0.495 e. The second-order valence-electron chi connectivity index (χ2n) is 8.59. The number of nitrogens with one attached hydrogen (secondary N) is 1. The maximum Gasteiger partial charge on any atom is 0.246 e. The molecule has 1 saturated carbocycles. The number of rotatable bonds is 6. The minimum Gasteiger partial charge on any atom is -0.495 e. The van der Waals surface area contributed by atoms with Crippen molar-refractivity contribution in [2.45, 2.75) is 75.6 Å². The molecule has 0 atom stereocenters. The van der Waals surface area contributed by atoms with Crippen molar-refractivity contribution in [2.24, 2.45) is 5.92 Å². The molecular formula is C22H34N2O4S. The Bertz CT molecular complexity index is 808. The number of carbonyl (C=O) groups is 1. The fraction of sp³-hybridized carbons (Fsp3) is 0.682. The molecule has 2 aliphatic rings. The van der Waals surface area contributed by atoms with E-state index in [1.807, 2.05) is 19.9 Å². The van der Waals surface area contributed by atoms with Crippen LogP contribution >= 0.6 is 0 Å². The van der Waals surface area contributed by atoms with Gasteiger partial charge in [-0.1, -0.05) is 39.2 Å². The highest BCUT2D eigenvalue weighted by atomic mass is 32.2. The Hall–Kier alpha value is -1.60. The van der Waals surface area contributed by atoms with Crippen molar-refractivity contribution in [3.8, 4) is 5.75 Å². The van der Waals surface area contributed by atoms with E-state index in [-0.39, 0.29) is 22.6 Å². The highest BCUT2D eigenvalue weighted by Crippen LogP contribution is 2.32. The molecule has 1 aromatic rings. The van der Waals surface area contributed by atoms with Gasteiger partial charge in [0.1, 0.15) is 10.6 Å². The van der Waals surface area contributed by atoms with Crippen molar-refractivity contribution >= 4 is 15.9 Å². The van der Waals surface area contributed by atoms with Gasteiger partial charge in [-0.05, 0) is 49.3 Å². The van der Waals surface area contributed by atoms with Gasteiger partial charge in [0.2, 0.25) is 15.9 Å². The van der Waals surface area contributed by atoms with E-state index in [2.05, 4.69) is 5.32 Å². The summed E-state index contributed by atoms with van der Waals surface area (Å²) in [5.74, 6) is 0.580. The first-order valence-electron chi connectivity index (χ1n) is 10.8. The third-order valence-corrected chi connectivity index (χ3v) is 8.17. The topological polar surface area (TPSA) is 75.7 Å². The molecular weight excluding hydrogens is 388 g/mol. The van der Waals surface area contributed by atoms with Crippen LogP contribution in [0.3, 0.4) is 0 Å². The lowest BCUT2D eigenvalue weighted by Gasteiger charge is -2.32. The summed E-state index contributed by atoms with van der Waals surface area (Å²) in [5.41, 5.74) is 0.964. The number of hydrogen-bond acceptors (Lipinski definition) is 4. The number of hydrogen-bond donors (Lipinski definition) is 1. The van der Waals surface area contributed by atoms with Crippen LogP contribution in [-0.4, -0.2) is 44.9 Å². The third kappa shape index (κ3) is 5.12. The number of piperidine rings is 1. The van der Waals surface area contributed by atoms with Gasteiger partial charge in [-0.15, -0.1) is 0 Å². The molecule has 1 aliphatic heterocycles. The highest BCUT2D eigenvalue weighted by Gasteiger charge is 2.34. The summed E-state index contributed by atoms with van der Waals surface area (Å²) < 4.78 is 33.4. The normalized spacial score (nSPS) is 20.0. The molecule has 1 N–H and O–H groups in total. The van der Waals surface area contributed by atoms with Crippen LogP contribution in [0, 0.1) is 5.92 Å². The molecule has 1 aromatic carbocycles. The lowest BCUT2D eigenvalue weighted by atomic mass is 9.93. The first-order valence-corrected chi connectivity index (χ1v) is 12.3. The average molecular weight is 423 g/mol. The van der Waals surface area contributed by atoms with Crippen molar-refractivity contribution in [2.75, 3.05) is 20.2 Å². The minimum atomic E-state index is -3.66. The van der Waals surface area contributed by atoms with Crippen molar-refractivity contribution in [1.82, 2.24) is 9.62 Å². The van der Waals surface area contributed by atoms with Crippen molar-refractivity contribution in [1.29, 1.82) is 0 Å². The SMILES string of the molecule is COc1ccc(C(C)C)cc1S(=O)(=O)N1CCC(C(=O)NC2CCCCC2)CC1. The smallest absolute Gasteiger partial charge is 0.246 e. The molecule has 2 fully saturated rings. The molecule has 6 nitrogen and oxygen atoms in total. The molecule has 7 heteroatoms. The maximum absolute atomic E-state index is 13.3. The molecule has 1 aliphatic carbocycles. The van der Waals surface area contributed by atoms with Crippen LogP contribution in [-0.2, 0) is 14.8 Å². The summed E-state index contributed by atoms with van der Waals surface area (Å²) in [7, 11) is -2.17. The monoisotopic (exact) mass is 422 g/mol. The van der Waals surface area contributed by atoms with E-state index in [0.29, 0.717) is 37.7 Å². The summed E-state index contributed by atoms with van der Waals surface area (Å²) in [6.45, 7) is 4.80. The van der Waals surface area contributed by atoms with Crippen LogP contribution in [0.4, 0.5) is 0 Å². The molecule has 0 spiro atoms. The van der Waals surface area contributed by atoms with Gasteiger partial charge in [0.15, 0.2) is 0 Å². The Labute approximate surface area is 175 Å². The Kier molecular flexibility index (Phi) is 7.22. The molecule has 1 amide bonds. The predicted molar refractivity (Wildman–Crippen MR) is 114 cm³/mol. The van der Waals surface area contributed by atoms with Crippen LogP contribution in [0.2, 0.25) is 0 Å². The zero-order valence-electron chi connectivity index (χ0n) is 17.8. The van der Waals surface area contributed by atoms with Gasteiger partial charge < -0.3 is 10.1 Å². The molecule has 0 bridgehead atoms. The highest BCUT2D eigenvalue weighted by molar-refractivity contribution is 7.89. The summed E-state index contributed by atoms with van der Waals surface area (Å²) in [4.78, 5) is 12.8. The van der Waals surface area contributed by atoms with Crippen LogP contribution in [0.1, 0.15) is 70.3 Å². The Morgan fingerprint density at radius 1 is 1.10 bits per heavy atom. The summed E-state index contributed by atoms with van der Waals surface area (Å²) >= 11 is 0. The average Bonchev–Trinajstić information content (AvgIpc) is 2.74. The number of methoxy groups -OCH3 is 1. The van der Waals surface area contributed by atoms with Crippen LogP contribution in [0.5, 0.6) is 5.75 Å². The van der Waals surface area contributed by atoms with Gasteiger partial charge in [-0.3, -0.25) is 4.79 Å². The molecule has 1 saturated heterocycles. The molecule has 0 aromatic heterocycles. The van der Waals surface area contributed by atoms with Crippen molar-refractivity contribution < 1.29 is 17.9 Å². The lowest BCUT2D eigenvalue weighted by molar-refractivity contribution is -0.127. The van der Waals surface area contributed by atoms with Gasteiger partial charge >= 0.3 is 0 Å². The van der Waals surface area contributed by atoms with E-state index in [1.54, 1.807) is 12.1 Å². The third-order valence-electron chi connectivity index (χ3n) is 6.25. The van der Waals surface area contributed by atoms with Gasteiger partial charge in [0.25, 0.3) is 0 Å². The van der Waals surface area contributed by atoms with E-state index >= 15 is 0 Å². The molecule has 0 radical (unpaired) electrons. The molecule has 1 heterocycles. The second kappa shape index (κ2) is 9.47. The fourth-order valence-corrected chi connectivity index (χ4v) is 5.98.